The summed E-state index contributed by atoms with van der Waals surface area (Å²) in [4.78, 5) is 29.0. The number of nitrogens with zero attached hydrogens (tertiary/aromatic N) is 2. The van der Waals surface area contributed by atoms with Gasteiger partial charge >= 0.3 is 6.18 Å². The first-order valence-electron chi connectivity index (χ1n) is 15.3. The molecule has 0 spiro atoms. The highest BCUT2D eigenvalue weighted by Gasteiger charge is 2.37. The van der Waals surface area contributed by atoms with E-state index in [0.29, 0.717) is 15.9 Å². The lowest BCUT2D eigenvalue weighted by Crippen LogP contribution is -2.54. The Labute approximate surface area is 273 Å². The van der Waals surface area contributed by atoms with Crippen LogP contribution in [0.3, 0.4) is 0 Å². The molecule has 1 N–H and O–H groups in total. The first kappa shape index (κ1) is 35.3. The lowest BCUT2D eigenvalue weighted by molar-refractivity contribution is -0.140. The molecule has 0 aliphatic heterocycles. The van der Waals surface area contributed by atoms with E-state index < -0.39 is 45.3 Å². The van der Waals surface area contributed by atoms with Gasteiger partial charge in [0.05, 0.1) is 21.2 Å². The van der Waals surface area contributed by atoms with Crippen molar-refractivity contribution < 1.29 is 31.2 Å². The average molecular weight is 678 g/mol. The van der Waals surface area contributed by atoms with Crippen molar-refractivity contribution in [2.24, 2.45) is 0 Å². The zero-order valence-electron chi connectivity index (χ0n) is 26.1. The number of sulfonamides is 1. The Morgan fingerprint density at radius 1 is 0.935 bits per heavy atom. The third-order valence-corrected chi connectivity index (χ3v) is 10.4. The van der Waals surface area contributed by atoms with Crippen LogP contribution in [0.2, 0.25) is 5.02 Å². The highest BCUT2D eigenvalue weighted by Crippen LogP contribution is 2.38. The lowest BCUT2D eigenvalue weighted by atomic mass is 9.95. The number of benzene rings is 3. The molecule has 1 fully saturated rings. The van der Waals surface area contributed by atoms with Crippen LogP contribution >= 0.6 is 11.6 Å². The molecule has 2 amide bonds. The molecule has 4 rings (SSSR count). The number of anilines is 1. The van der Waals surface area contributed by atoms with Crippen LogP contribution in [0.4, 0.5) is 18.9 Å². The van der Waals surface area contributed by atoms with Gasteiger partial charge in [0.2, 0.25) is 11.8 Å². The summed E-state index contributed by atoms with van der Waals surface area (Å²) in [5.74, 6) is -1.10. The van der Waals surface area contributed by atoms with E-state index in [9.17, 15) is 31.2 Å². The zero-order chi connectivity index (χ0) is 33.6. The van der Waals surface area contributed by atoms with E-state index >= 15 is 0 Å². The molecule has 3 aromatic carbocycles. The molecule has 0 radical (unpaired) electrons. The highest BCUT2D eigenvalue weighted by atomic mass is 35.5. The summed E-state index contributed by atoms with van der Waals surface area (Å²) < 4.78 is 70.4. The number of carbonyl (C=O) groups is 2. The van der Waals surface area contributed by atoms with Crippen molar-refractivity contribution in [1.29, 1.82) is 0 Å². The summed E-state index contributed by atoms with van der Waals surface area (Å²) in [5.41, 5.74) is 0.842. The van der Waals surface area contributed by atoms with Crippen LogP contribution < -0.4 is 9.62 Å². The number of amides is 2. The van der Waals surface area contributed by atoms with Crippen LogP contribution in [-0.2, 0) is 32.3 Å². The largest absolute Gasteiger partial charge is 0.417 e. The van der Waals surface area contributed by atoms with E-state index in [1.165, 1.54) is 17.0 Å². The minimum atomic E-state index is -4.88. The highest BCUT2D eigenvalue weighted by molar-refractivity contribution is 7.92. The van der Waals surface area contributed by atoms with E-state index in [4.69, 9.17) is 11.6 Å². The van der Waals surface area contributed by atoms with Gasteiger partial charge in [0.15, 0.2) is 0 Å². The molecule has 12 heteroatoms. The number of aryl methyl sites for hydroxylation is 2. The monoisotopic (exact) mass is 677 g/mol. The van der Waals surface area contributed by atoms with Crippen LogP contribution in [0.25, 0.3) is 0 Å². The van der Waals surface area contributed by atoms with Crippen molar-refractivity contribution in [2.45, 2.75) is 89.0 Å². The summed E-state index contributed by atoms with van der Waals surface area (Å²) in [6.07, 6.45) is 0.0801. The van der Waals surface area contributed by atoms with Gasteiger partial charge in [-0.25, -0.2) is 8.42 Å². The van der Waals surface area contributed by atoms with Crippen molar-refractivity contribution in [3.63, 3.8) is 0 Å². The maximum absolute atomic E-state index is 14.3. The lowest BCUT2D eigenvalue weighted by Gasteiger charge is -2.34. The summed E-state index contributed by atoms with van der Waals surface area (Å²) >= 11 is 5.86. The van der Waals surface area contributed by atoms with Gasteiger partial charge in [0.1, 0.15) is 12.6 Å². The Kier molecular flexibility index (Phi) is 11.4. The summed E-state index contributed by atoms with van der Waals surface area (Å²) in [5, 5.41) is 2.46. The number of hydrogen-bond acceptors (Lipinski definition) is 4. The van der Waals surface area contributed by atoms with Gasteiger partial charge in [-0.15, -0.1) is 0 Å². The molecule has 1 atom stereocenters. The van der Waals surface area contributed by atoms with E-state index in [0.717, 1.165) is 55.4 Å². The molecule has 1 saturated carbocycles. The molecular weight excluding hydrogens is 639 g/mol. The fourth-order valence-electron chi connectivity index (χ4n) is 5.61. The molecule has 0 saturated heterocycles. The molecule has 0 aromatic heterocycles. The van der Waals surface area contributed by atoms with Crippen LogP contribution in [0, 0.1) is 13.8 Å². The summed E-state index contributed by atoms with van der Waals surface area (Å²) in [7, 11) is -4.55. The number of hydrogen-bond donors (Lipinski definition) is 1. The molecule has 1 aliphatic rings. The van der Waals surface area contributed by atoms with Gasteiger partial charge in [-0.1, -0.05) is 85.3 Å². The first-order valence-corrected chi connectivity index (χ1v) is 17.1. The van der Waals surface area contributed by atoms with Crippen molar-refractivity contribution in [2.75, 3.05) is 10.8 Å². The Morgan fingerprint density at radius 3 is 2.09 bits per heavy atom. The third-order valence-electron chi connectivity index (χ3n) is 8.24. The van der Waals surface area contributed by atoms with Gasteiger partial charge in [-0.05, 0) is 69.0 Å². The number of rotatable bonds is 11. The predicted molar refractivity (Wildman–Crippen MR) is 173 cm³/mol. The Morgan fingerprint density at radius 2 is 1.52 bits per heavy atom. The molecule has 7 nitrogen and oxygen atoms in total. The van der Waals surface area contributed by atoms with E-state index in [-0.39, 0.29) is 35.5 Å². The zero-order valence-corrected chi connectivity index (χ0v) is 27.7. The van der Waals surface area contributed by atoms with Crippen LogP contribution in [0.15, 0.2) is 71.6 Å². The first-order chi connectivity index (χ1) is 21.7. The third kappa shape index (κ3) is 8.61. The molecule has 0 bridgehead atoms. The topological polar surface area (TPSA) is 86.8 Å². The molecular formula is C34H39ClF3N3O4S. The Hall–Kier alpha value is -3.57. The maximum atomic E-state index is 14.3. The molecule has 1 aliphatic carbocycles. The second-order valence-corrected chi connectivity index (χ2v) is 14.0. The number of carbonyl (C=O) groups excluding carboxylic acids is 2. The van der Waals surface area contributed by atoms with Gasteiger partial charge in [0, 0.05) is 12.6 Å². The summed E-state index contributed by atoms with van der Waals surface area (Å²) in [6.45, 7) is 4.57. The fraction of sp³-hybridized carbons (Fsp3) is 0.412. The predicted octanol–water partition coefficient (Wildman–Crippen LogP) is 7.43. The van der Waals surface area contributed by atoms with E-state index in [2.05, 4.69) is 5.32 Å². The van der Waals surface area contributed by atoms with Crippen LogP contribution in [0.1, 0.15) is 67.7 Å². The van der Waals surface area contributed by atoms with Gasteiger partial charge < -0.3 is 10.2 Å². The minimum absolute atomic E-state index is 0.0114. The Bertz CT molecular complexity index is 1620. The fourth-order valence-corrected chi connectivity index (χ4v) is 7.24. The summed E-state index contributed by atoms with van der Waals surface area (Å²) in [6, 6.07) is 14.9. The maximum Gasteiger partial charge on any atom is 0.417 e. The van der Waals surface area contributed by atoms with Crippen molar-refractivity contribution in [3.05, 3.63) is 94.0 Å². The van der Waals surface area contributed by atoms with Crippen molar-refractivity contribution in [3.8, 4) is 0 Å². The molecule has 0 heterocycles. The quantitative estimate of drug-likeness (QED) is 0.229. The number of alkyl halides is 3. The Balaban J connectivity index is 1.77. The van der Waals surface area contributed by atoms with Gasteiger partial charge in [0.25, 0.3) is 10.0 Å². The smallest absolute Gasteiger partial charge is 0.352 e. The number of halogens is 4. The van der Waals surface area contributed by atoms with E-state index in [1.807, 2.05) is 31.2 Å². The minimum Gasteiger partial charge on any atom is -0.352 e. The van der Waals surface area contributed by atoms with Crippen molar-refractivity contribution in [1.82, 2.24) is 10.2 Å². The molecule has 248 valence electrons. The van der Waals surface area contributed by atoms with Crippen LogP contribution in [0.5, 0.6) is 0 Å². The molecule has 0 unspecified atom stereocenters. The molecule has 46 heavy (non-hydrogen) atoms. The second kappa shape index (κ2) is 14.9. The number of nitrogens with one attached hydrogen (secondary N) is 1. The van der Waals surface area contributed by atoms with Crippen LogP contribution in [-0.4, -0.2) is 43.8 Å². The van der Waals surface area contributed by atoms with Gasteiger partial charge in [-0.3, -0.25) is 13.9 Å². The molecule has 3 aromatic rings. The van der Waals surface area contributed by atoms with Crippen molar-refractivity contribution >= 4 is 39.1 Å². The van der Waals surface area contributed by atoms with E-state index in [1.54, 1.807) is 26.0 Å². The standard InChI is InChI=1S/C34H39ClF3N3O4S/c1-4-31(33(43)39-26-8-6-5-7-9-26)40(21-25-14-10-23(2)11-15-25)32(42)22-41(46(44,45)28-17-12-24(3)13-18-28)27-16-19-30(35)29(20-27)34(36,37)38/h10-20,26,31H,4-9,21-22H2,1-3H3,(H,39,43)/t31-/m0/s1. The average Bonchev–Trinajstić information content (AvgIpc) is 3.01. The van der Waals surface area contributed by atoms with Gasteiger partial charge in [-0.2, -0.15) is 13.2 Å². The normalized spacial score (nSPS) is 14.8. The second-order valence-electron chi connectivity index (χ2n) is 11.8. The SMILES string of the molecule is CC[C@@H](C(=O)NC1CCCCC1)N(Cc1ccc(C)cc1)C(=O)CN(c1ccc(Cl)c(C(F)(F)F)c1)S(=O)(=O)c1ccc(C)cc1.